The van der Waals surface area contributed by atoms with Crippen LogP contribution in [0.3, 0.4) is 0 Å². The summed E-state index contributed by atoms with van der Waals surface area (Å²) in [5.41, 5.74) is 6.75. The zero-order chi connectivity index (χ0) is 17.9. The highest BCUT2D eigenvalue weighted by molar-refractivity contribution is 5.78. The average molecular weight is 349 g/mol. The molecule has 0 unspecified atom stereocenters. The molecule has 0 spiro atoms. The van der Waals surface area contributed by atoms with E-state index in [1.54, 1.807) is 0 Å². The van der Waals surface area contributed by atoms with E-state index in [9.17, 15) is 4.79 Å². The van der Waals surface area contributed by atoms with E-state index in [0.717, 1.165) is 25.0 Å². The van der Waals surface area contributed by atoms with Gasteiger partial charge in [0.2, 0.25) is 0 Å². The number of rotatable bonds is 5. The first-order chi connectivity index (χ1) is 12.7. The van der Waals surface area contributed by atoms with Gasteiger partial charge in [-0.1, -0.05) is 30.3 Å². The summed E-state index contributed by atoms with van der Waals surface area (Å²) in [6.45, 7) is 2.12. The van der Waals surface area contributed by atoms with Gasteiger partial charge in [0.05, 0.1) is 6.04 Å². The van der Waals surface area contributed by atoms with Crippen LogP contribution in [0.1, 0.15) is 60.0 Å². The van der Waals surface area contributed by atoms with Crippen molar-refractivity contribution in [3.8, 4) is 5.75 Å². The van der Waals surface area contributed by atoms with Crippen molar-refractivity contribution >= 4 is 5.91 Å². The average Bonchev–Trinajstić information content (AvgIpc) is 3.14. The fraction of sp³-hybridized carbons (Fsp3) is 0.435. The standard InChI is InChI=1S/C23H27NO2/c1-16(19-13-12-17-7-4-9-20(17)14-19)24-23(25)15-26-22-11-5-8-18-6-2-3-10-21(18)22/h5,8,11-14,16H,2-4,6-7,9-10,15H2,1H3,(H,24,25)/t16-/m0/s1. The predicted molar refractivity (Wildman–Crippen MR) is 104 cm³/mol. The van der Waals surface area contributed by atoms with Crippen molar-refractivity contribution in [1.82, 2.24) is 5.32 Å². The Morgan fingerprint density at radius 2 is 1.81 bits per heavy atom. The van der Waals surface area contributed by atoms with E-state index in [1.807, 2.05) is 19.1 Å². The second kappa shape index (κ2) is 7.53. The van der Waals surface area contributed by atoms with Crippen LogP contribution in [-0.2, 0) is 30.5 Å². The second-order valence-corrected chi connectivity index (χ2v) is 7.56. The van der Waals surface area contributed by atoms with Gasteiger partial charge >= 0.3 is 0 Å². The van der Waals surface area contributed by atoms with Crippen molar-refractivity contribution in [2.45, 2.75) is 57.9 Å². The Labute approximate surface area is 155 Å². The minimum absolute atomic E-state index is 0.00156. The van der Waals surface area contributed by atoms with Crippen molar-refractivity contribution in [1.29, 1.82) is 0 Å². The first kappa shape index (κ1) is 17.1. The molecule has 2 aliphatic carbocycles. The molecule has 0 fully saturated rings. The fourth-order valence-corrected chi connectivity index (χ4v) is 4.25. The van der Waals surface area contributed by atoms with Gasteiger partial charge in [-0.05, 0) is 85.8 Å². The maximum absolute atomic E-state index is 12.4. The first-order valence-corrected chi connectivity index (χ1v) is 9.85. The van der Waals surface area contributed by atoms with Gasteiger partial charge in [0.1, 0.15) is 5.75 Å². The highest BCUT2D eigenvalue weighted by atomic mass is 16.5. The van der Waals surface area contributed by atoms with Gasteiger partial charge in [0.25, 0.3) is 5.91 Å². The molecule has 2 aliphatic rings. The van der Waals surface area contributed by atoms with Gasteiger partial charge in [0.15, 0.2) is 6.61 Å². The van der Waals surface area contributed by atoms with E-state index >= 15 is 0 Å². The molecule has 2 aromatic carbocycles. The number of carbonyl (C=O) groups is 1. The highest BCUT2D eigenvalue weighted by Crippen LogP contribution is 2.29. The Morgan fingerprint density at radius 1 is 1.00 bits per heavy atom. The topological polar surface area (TPSA) is 38.3 Å². The molecule has 0 heterocycles. The van der Waals surface area contributed by atoms with Gasteiger partial charge < -0.3 is 10.1 Å². The molecule has 4 rings (SSSR count). The molecule has 0 saturated heterocycles. The lowest BCUT2D eigenvalue weighted by Crippen LogP contribution is -2.31. The molecule has 0 aromatic heterocycles. The third-order valence-electron chi connectivity index (χ3n) is 5.71. The normalized spacial score (nSPS) is 16.5. The van der Waals surface area contributed by atoms with E-state index in [2.05, 4.69) is 29.6 Å². The van der Waals surface area contributed by atoms with Crippen molar-refractivity contribution in [2.24, 2.45) is 0 Å². The molecular formula is C23H27NO2. The number of aryl methyl sites for hydroxylation is 3. The first-order valence-electron chi connectivity index (χ1n) is 9.85. The lowest BCUT2D eigenvalue weighted by Gasteiger charge is -2.20. The molecule has 2 aromatic rings. The second-order valence-electron chi connectivity index (χ2n) is 7.56. The van der Waals surface area contributed by atoms with E-state index in [1.165, 1.54) is 53.5 Å². The van der Waals surface area contributed by atoms with Crippen LogP contribution < -0.4 is 10.1 Å². The minimum Gasteiger partial charge on any atom is -0.483 e. The van der Waals surface area contributed by atoms with Gasteiger partial charge in [-0.25, -0.2) is 0 Å². The summed E-state index contributed by atoms with van der Waals surface area (Å²) in [6, 6.07) is 12.8. The van der Waals surface area contributed by atoms with Crippen molar-refractivity contribution in [2.75, 3.05) is 6.61 Å². The molecule has 0 aliphatic heterocycles. The molecule has 3 heteroatoms. The number of benzene rings is 2. The Morgan fingerprint density at radius 3 is 2.73 bits per heavy atom. The predicted octanol–water partition coefficient (Wildman–Crippen LogP) is 4.31. The monoisotopic (exact) mass is 349 g/mol. The number of carbonyl (C=O) groups excluding carboxylic acids is 1. The Kier molecular flexibility index (Phi) is 4.96. The van der Waals surface area contributed by atoms with Crippen molar-refractivity contribution < 1.29 is 9.53 Å². The van der Waals surface area contributed by atoms with E-state index < -0.39 is 0 Å². The number of hydrogen-bond donors (Lipinski definition) is 1. The summed E-state index contributed by atoms with van der Waals surface area (Å²) in [6.07, 6.45) is 8.21. The summed E-state index contributed by atoms with van der Waals surface area (Å²) in [5, 5.41) is 3.07. The number of hydrogen-bond acceptors (Lipinski definition) is 2. The lowest BCUT2D eigenvalue weighted by molar-refractivity contribution is -0.123. The number of nitrogens with one attached hydrogen (secondary N) is 1. The van der Waals surface area contributed by atoms with E-state index in [4.69, 9.17) is 4.74 Å². The van der Waals surface area contributed by atoms with Crippen molar-refractivity contribution in [3.63, 3.8) is 0 Å². The molecule has 0 radical (unpaired) electrons. The number of fused-ring (bicyclic) bond motifs is 2. The lowest BCUT2D eigenvalue weighted by atomic mass is 9.91. The molecule has 1 atom stereocenters. The third-order valence-corrected chi connectivity index (χ3v) is 5.71. The van der Waals surface area contributed by atoms with Gasteiger partial charge in [-0.2, -0.15) is 0 Å². The third kappa shape index (κ3) is 3.62. The van der Waals surface area contributed by atoms with Crippen LogP contribution in [0.4, 0.5) is 0 Å². The smallest absolute Gasteiger partial charge is 0.258 e. The van der Waals surface area contributed by atoms with Crippen LogP contribution in [0, 0.1) is 0 Å². The number of ether oxygens (including phenoxy) is 1. The molecule has 1 N–H and O–H groups in total. The minimum atomic E-state index is -0.0635. The largest absolute Gasteiger partial charge is 0.483 e. The van der Waals surface area contributed by atoms with Crippen LogP contribution in [0.5, 0.6) is 5.75 Å². The van der Waals surface area contributed by atoms with Crippen LogP contribution in [-0.4, -0.2) is 12.5 Å². The van der Waals surface area contributed by atoms with Crippen LogP contribution >= 0.6 is 0 Å². The van der Waals surface area contributed by atoms with E-state index in [0.29, 0.717) is 0 Å². The molecule has 0 saturated carbocycles. The zero-order valence-corrected chi connectivity index (χ0v) is 15.5. The maximum Gasteiger partial charge on any atom is 0.258 e. The van der Waals surface area contributed by atoms with Gasteiger partial charge in [0, 0.05) is 0 Å². The van der Waals surface area contributed by atoms with Gasteiger partial charge in [-0.15, -0.1) is 0 Å². The molecule has 3 nitrogen and oxygen atoms in total. The summed E-state index contributed by atoms with van der Waals surface area (Å²) >= 11 is 0. The van der Waals surface area contributed by atoms with Crippen LogP contribution in [0.2, 0.25) is 0 Å². The Bertz CT molecular complexity index is 812. The molecule has 1 amide bonds. The molecule has 136 valence electrons. The van der Waals surface area contributed by atoms with Crippen LogP contribution in [0.25, 0.3) is 0 Å². The highest BCUT2D eigenvalue weighted by Gasteiger charge is 2.17. The van der Waals surface area contributed by atoms with Crippen molar-refractivity contribution in [3.05, 3.63) is 64.2 Å². The molecular weight excluding hydrogens is 322 g/mol. The van der Waals surface area contributed by atoms with E-state index in [-0.39, 0.29) is 18.6 Å². The Hall–Kier alpha value is -2.29. The quantitative estimate of drug-likeness (QED) is 0.873. The Balaban J connectivity index is 1.36. The summed E-state index contributed by atoms with van der Waals surface area (Å²) in [5.74, 6) is 0.814. The summed E-state index contributed by atoms with van der Waals surface area (Å²) in [4.78, 5) is 12.4. The van der Waals surface area contributed by atoms with Gasteiger partial charge in [-0.3, -0.25) is 4.79 Å². The SMILES string of the molecule is C[C@H](NC(=O)COc1cccc2c1CCCC2)c1ccc2c(c1)CCC2. The number of amides is 1. The molecule has 26 heavy (non-hydrogen) atoms. The fourth-order valence-electron chi connectivity index (χ4n) is 4.25. The summed E-state index contributed by atoms with van der Waals surface area (Å²) < 4.78 is 5.86. The molecule has 0 bridgehead atoms. The van der Waals surface area contributed by atoms with Crippen LogP contribution in [0.15, 0.2) is 36.4 Å². The summed E-state index contributed by atoms with van der Waals surface area (Å²) in [7, 11) is 0. The zero-order valence-electron chi connectivity index (χ0n) is 15.5. The maximum atomic E-state index is 12.4.